The summed E-state index contributed by atoms with van der Waals surface area (Å²) in [4.78, 5) is 10.4. The standard InChI is InChI=1S/C13H18N4.3ClH/c14-10-4-5-11-12(8-10)16-13(15-11)9-17-6-2-1-3-7-17;;;/h4-5,8H,1-3,6-7,9,14H2,(H,15,16);3*1H/p-3. The van der Waals surface area contributed by atoms with E-state index in [4.69, 9.17) is 5.73 Å². The van der Waals surface area contributed by atoms with Gasteiger partial charge in [0.15, 0.2) is 0 Å². The van der Waals surface area contributed by atoms with Crippen LogP contribution in [0.25, 0.3) is 11.0 Å². The molecule has 0 amide bonds. The summed E-state index contributed by atoms with van der Waals surface area (Å²) in [6.45, 7) is 3.31. The predicted octanol–water partition coefficient (Wildman–Crippen LogP) is -6.86. The summed E-state index contributed by atoms with van der Waals surface area (Å²) >= 11 is 0. The van der Waals surface area contributed by atoms with E-state index >= 15 is 0 Å². The Bertz CT molecular complexity index is 523. The maximum Gasteiger partial charge on any atom is 0.121 e. The van der Waals surface area contributed by atoms with Crippen LogP contribution in [0, 0.1) is 0 Å². The van der Waals surface area contributed by atoms with E-state index in [0.717, 1.165) is 29.1 Å². The van der Waals surface area contributed by atoms with E-state index in [2.05, 4.69) is 14.9 Å². The first kappa shape index (κ1) is 19.3. The van der Waals surface area contributed by atoms with Gasteiger partial charge < -0.3 is 47.9 Å². The van der Waals surface area contributed by atoms with Gasteiger partial charge in [0.2, 0.25) is 0 Å². The molecule has 0 bridgehead atoms. The summed E-state index contributed by atoms with van der Waals surface area (Å²) in [6, 6.07) is 5.82. The minimum Gasteiger partial charge on any atom is -1.00 e. The van der Waals surface area contributed by atoms with Crippen molar-refractivity contribution in [2.45, 2.75) is 25.8 Å². The number of halogens is 3. The van der Waals surface area contributed by atoms with Crippen molar-refractivity contribution >= 4 is 16.7 Å². The number of rotatable bonds is 2. The van der Waals surface area contributed by atoms with Crippen LogP contribution in [0.15, 0.2) is 18.2 Å². The van der Waals surface area contributed by atoms with E-state index in [1.165, 1.54) is 32.4 Å². The SMILES string of the molecule is Nc1ccc2nc(CN3CCCCC3)[nH]c2c1.[Cl-].[Cl-].[Cl-]. The number of piperidine rings is 1. The lowest BCUT2D eigenvalue weighted by atomic mass is 10.1. The summed E-state index contributed by atoms with van der Waals surface area (Å²) in [6.07, 6.45) is 3.99. The van der Waals surface area contributed by atoms with E-state index in [9.17, 15) is 0 Å². The number of fused-ring (bicyclic) bond motifs is 1. The van der Waals surface area contributed by atoms with Crippen molar-refractivity contribution in [3.8, 4) is 0 Å². The van der Waals surface area contributed by atoms with Crippen molar-refractivity contribution < 1.29 is 37.2 Å². The molecule has 3 rings (SSSR count). The lowest BCUT2D eigenvalue weighted by Crippen LogP contribution is -3.00. The summed E-state index contributed by atoms with van der Waals surface area (Å²) in [5, 5.41) is 0. The van der Waals surface area contributed by atoms with E-state index in [0.29, 0.717) is 0 Å². The van der Waals surface area contributed by atoms with Crippen molar-refractivity contribution in [2.24, 2.45) is 0 Å². The van der Waals surface area contributed by atoms with Gasteiger partial charge in [-0.05, 0) is 44.1 Å². The van der Waals surface area contributed by atoms with Crippen LogP contribution < -0.4 is 43.0 Å². The Morgan fingerprint density at radius 1 is 1.10 bits per heavy atom. The Morgan fingerprint density at radius 2 is 1.80 bits per heavy atom. The van der Waals surface area contributed by atoms with Gasteiger partial charge in [-0.15, -0.1) is 0 Å². The summed E-state index contributed by atoms with van der Waals surface area (Å²) < 4.78 is 0. The molecular formula is C13H18Cl3N4-3. The first-order chi connectivity index (χ1) is 8.31. The van der Waals surface area contributed by atoms with Gasteiger partial charge in [0.25, 0.3) is 0 Å². The largest absolute Gasteiger partial charge is 1.00 e. The van der Waals surface area contributed by atoms with Crippen molar-refractivity contribution in [2.75, 3.05) is 18.8 Å². The average molecular weight is 337 g/mol. The highest BCUT2D eigenvalue weighted by Gasteiger charge is 2.12. The zero-order chi connectivity index (χ0) is 11.7. The van der Waals surface area contributed by atoms with E-state index in [-0.39, 0.29) is 37.2 Å². The normalized spacial score (nSPS) is 15.0. The second-order valence-electron chi connectivity index (χ2n) is 4.80. The zero-order valence-corrected chi connectivity index (χ0v) is 13.3. The quantitative estimate of drug-likeness (QED) is 0.536. The molecule has 3 N–H and O–H groups in total. The number of aromatic amines is 1. The van der Waals surface area contributed by atoms with Crippen LogP contribution in [0.2, 0.25) is 0 Å². The molecule has 0 unspecified atom stereocenters. The monoisotopic (exact) mass is 335 g/mol. The van der Waals surface area contributed by atoms with Crippen molar-refractivity contribution in [1.82, 2.24) is 14.9 Å². The number of nitrogens with one attached hydrogen (secondary N) is 1. The van der Waals surface area contributed by atoms with Crippen LogP contribution in [0.3, 0.4) is 0 Å². The molecule has 0 saturated carbocycles. The number of benzene rings is 1. The lowest BCUT2D eigenvalue weighted by molar-refractivity contribution is -0.00100. The number of aromatic nitrogens is 2. The molecule has 2 heterocycles. The third-order valence-electron chi connectivity index (χ3n) is 3.38. The fourth-order valence-electron chi connectivity index (χ4n) is 2.48. The number of nitrogen functional groups attached to an aromatic ring is 1. The molecule has 20 heavy (non-hydrogen) atoms. The molecule has 1 fully saturated rings. The highest BCUT2D eigenvalue weighted by molar-refractivity contribution is 5.78. The molecule has 0 aliphatic carbocycles. The zero-order valence-electron chi connectivity index (χ0n) is 11.1. The average Bonchev–Trinajstić information content (AvgIpc) is 2.71. The number of H-pyrrole nitrogens is 1. The van der Waals surface area contributed by atoms with Gasteiger partial charge in [0.1, 0.15) is 5.82 Å². The third kappa shape index (κ3) is 4.42. The van der Waals surface area contributed by atoms with Gasteiger partial charge in [-0.25, -0.2) is 4.98 Å². The van der Waals surface area contributed by atoms with Crippen molar-refractivity contribution in [3.63, 3.8) is 0 Å². The first-order valence-electron chi connectivity index (χ1n) is 6.28. The molecule has 0 radical (unpaired) electrons. The topological polar surface area (TPSA) is 57.9 Å². The summed E-state index contributed by atoms with van der Waals surface area (Å²) in [5.74, 6) is 1.05. The van der Waals surface area contributed by atoms with Crippen LogP contribution in [0.5, 0.6) is 0 Å². The smallest absolute Gasteiger partial charge is 0.121 e. The molecule has 1 aliphatic rings. The van der Waals surface area contributed by atoms with E-state index in [1.807, 2.05) is 18.2 Å². The summed E-state index contributed by atoms with van der Waals surface area (Å²) in [5.41, 5.74) is 8.59. The van der Waals surface area contributed by atoms with E-state index in [1.54, 1.807) is 0 Å². The Kier molecular flexibility index (Phi) is 8.28. The molecule has 4 nitrogen and oxygen atoms in total. The summed E-state index contributed by atoms with van der Waals surface area (Å²) in [7, 11) is 0. The number of nitrogens with zero attached hydrogens (tertiary/aromatic N) is 2. The first-order valence-corrected chi connectivity index (χ1v) is 6.28. The minimum absolute atomic E-state index is 0. The molecule has 7 heteroatoms. The fourth-order valence-corrected chi connectivity index (χ4v) is 2.48. The number of hydrogen-bond acceptors (Lipinski definition) is 3. The van der Waals surface area contributed by atoms with Gasteiger partial charge in [-0.2, -0.15) is 0 Å². The van der Waals surface area contributed by atoms with Crippen molar-refractivity contribution in [3.05, 3.63) is 24.0 Å². The van der Waals surface area contributed by atoms with Gasteiger partial charge >= 0.3 is 0 Å². The maximum absolute atomic E-state index is 5.76. The molecule has 1 saturated heterocycles. The minimum atomic E-state index is 0. The molecular weight excluding hydrogens is 319 g/mol. The van der Waals surface area contributed by atoms with Gasteiger partial charge in [0.05, 0.1) is 17.6 Å². The van der Waals surface area contributed by atoms with Crippen LogP contribution in [-0.2, 0) is 6.54 Å². The molecule has 1 aromatic heterocycles. The van der Waals surface area contributed by atoms with Gasteiger partial charge in [-0.3, -0.25) is 4.90 Å². The number of likely N-dealkylation sites (tertiary alicyclic amines) is 1. The third-order valence-corrected chi connectivity index (χ3v) is 3.38. The maximum atomic E-state index is 5.76. The van der Waals surface area contributed by atoms with Gasteiger partial charge in [0, 0.05) is 5.69 Å². The van der Waals surface area contributed by atoms with E-state index < -0.39 is 0 Å². The van der Waals surface area contributed by atoms with Crippen LogP contribution in [0.1, 0.15) is 25.1 Å². The molecule has 1 aliphatic heterocycles. The Hall–Kier alpha value is -0.680. The Labute approximate surface area is 137 Å². The Balaban J connectivity index is 0.00000120. The number of nitrogens with two attached hydrogens (primary N) is 1. The highest BCUT2D eigenvalue weighted by Crippen LogP contribution is 2.17. The van der Waals surface area contributed by atoms with Crippen LogP contribution in [0.4, 0.5) is 5.69 Å². The molecule has 0 atom stereocenters. The van der Waals surface area contributed by atoms with Crippen LogP contribution in [-0.4, -0.2) is 28.0 Å². The highest BCUT2D eigenvalue weighted by atomic mass is 35.5. The lowest BCUT2D eigenvalue weighted by Gasteiger charge is -2.25. The molecule has 114 valence electrons. The number of hydrogen-bond donors (Lipinski definition) is 2. The van der Waals surface area contributed by atoms with Crippen molar-refractivity contribution in [1.29, 1.82) is 0 Å². The molecule has 2 aromatic rings. The number of anilines is 1. The second-order valence-corrected chi connectivity index (χ2v) is 4.80. The predicted molar refractivity (Wildman–Crippen MR) is 69.6 cm³/mol. The number of imidazole rings is 1. The second kappa shape index (κ2) is 8.57. The van der Waals surface area contributed by atoms with Crippen LogP contribution >= 0.6 is 0 Å². The molecule has 1 aromatic carbocycles. The Morgan fingerprint density at radius 3 is 2.50 bits per heavy atom. The molecule has 0 spiro atoms. The van der Waals surface area contributed by atoms with Gasteiger partial charge in [-0.1, -0.05) is 6.42 Å². The fraction of sp³-hybridized carbons (Fsp3) is 0.462.